The highest BCUT2D eigenvalue weighted by Gasteiger charge is 2.33. The minimum atomic E-state index is -4.42. The number of alkyl halides is 6. The molecule has 2 aromatic carbocycles. The summed E-state index contributed by atoms with van der Waals surface area (Å²) in [6, 6.07) is 11.0. The van der Waals surface area contributed by atoms with Crippen molar-refractivity contribution in [1.29, 1.82) is 5.41 Å². The molecule has 36 heavy (non-hydrogen) atoms. The molecule has 2 aromatic rings. The van der Waals surface area contributed by atoms with E-state index in [9.17, 15) is 26.3 Å². The van der Waals surface area contributed by atoms with Crippen LogP contribution in [0.25, 0.3) is 16.7 Å². The second kappa shape index (κ2) is 11.5. The van der Waals surface area contributed by atoms with E-state index in [1.54, 1.807) is 19.1 Å². The molecule has 0 heterocycles. The first-order valence-corrected chi connectivity index (χ1v) is 11.0. The third-order valence-corrected chi connectivity index (χ3v) is 5.70. The van der Waals surface area contributed by atoms with Crippen LogP contribution in [0.4, 0.5) is 26.3 Å². The lowest BCUT2D eigenvalue weighted by atomic mass is 9.87. The molecule has 0 atom stereocenters. The number of rotatable bonds is 4. The number of hydrogen-bond donors (Lipinski definition) is 1. The molecule has 0 fully saturated rings. The van der Waals surface area contributed by atoms with Gasteiger partial charge in [0.1, 0.15) is 0 Å². The lowest BCUT2D eigenvalue weighted by Gasteiger charge is -2.18. The summed E-state index contributed by atoms with van der Waals surface area (Å²) in [5.74, 6) is 2.66. The Bertz CT molecular complexity index is 1260. The Morgan fingerprint density at radius 3 is 2.08 bits per heavy atom. The maximum Gasteiger partial charge on any atom is 0.417 e. The van der Waals surface area contributed by atoms with Gasteiger partial charge in [0.25, 0.3) is 0 Å². The SMILES string of the molecule is C#CC1=CCCC=C1C(=N)/C(C)=C(\C)c1ccc(-c2ccccc2C(F)(F)F)c(C)c1.[CH2]C(F)(F)F. The lowest BCUT2D eigenvalue weighted by molar-refractivity contribution is -0.137. The van der Waals surface area contributed by atoms with Crippen LogP contribution in [0.5, 0.6) is 0 Å². The zero-order chi connectivity index (χ0) is 27.3. The first-order chi connectivity index (χ1) is 16.6. The molecule has 0 saturated heterocycles. The largest absolute Gasteiger partial charge is 0.417 e. The number of terminal acetylenes is 1. The van der Waals surface area contributed by atoms with E-state index in [1.165, 1.54) is 12.1 Å². The van der Waals surface area contributed by atoms with Crippen molar-refractivity contribution in [1.82, 2.24) is 0 Å². The van der Waals surface area contributed by atoms with Crippen LogP contribution >= 0.6 is 0 Å². The van der Waals surface area contributed by atoms with Crippen LogP contribution in [0.2, 0.25) is 0 Å². The molecule has 0 aromatic heterocycles. The van der Waals surface area contributed by atoms with Gasteiger partial charge in [0, 0.05) is 11.1 Å². The van der Waals surface area contributed by atoms with E-state index < -0.39 is 17.9 Å². The maximum absolute atomic E-state index is 13.5. The van der Waals surface area contributed by atoms with Crippen molar-refractivity contribution >= 4 is 11.3 Å². The first kappa shape index (κ1) is 28.7. The molecule has 0 amide bonds. The third kappa shape index (κ3) is 7.48. The highest BCUT2D eigenvalue weighted by Crippen LogP contribution is 2.38. The summed E-state index contributed by atoms with van der Waals surface area (Å²) in [4.78, 5) is 0. The van der Waals surface area contributed by atoms with Gasteiger partial charge in [-0.05, 0) is 73.1 Å². The predicted molar refractivity (Wildman–Crippen MR) is 133 cm³/mol. The monoisotopic (exact) mass is 502 g/mol. The number of hydrogen-bond acceptors (Lipinski definition) is 1. The van der Waals surface area contributed by atoms with E-state index in [4.69, 9.17) is 11.8 Å². The molecular weight excluding hydrogens is 476 g/mol. The lowest BCUT2D eigenvalue weighted by Crippen LogP contribution is -2.09. The molecule has 0 aliphatic heterocycles. The smallest absolute Gasteiger partial charge is 0.300 e. The fourth-order valence-electron chi connectivity index (χ4n) is 3.82. The van der Waals surface area contributed by atoms with Crippen LogP contribution < -0.4 is 0 Å². The minimum Gasteiger partial charge on any atom is -0.300 e. The maximum atomic E-state index is 13.5. The Hall–Kier alpha value is -3.53. The summed E-state index contributed by atoms with van der Waals surface area (Å²) in [6.07, 6.45) is 2.63. The van der Waals surface area contributed by atoms with Gasteiger partial charge in [0.2, 0.25) is 0 Å². The summed E-state index contributed by atoms with van der Waals surface area (Å²) in [5, 5.41) is 8.64. The normalized spacial score (nSPS) is 14.5. The predicted octanol–water partition coefficient (Wildman–Crippen LogP) is 9.16. The topological polar surface area (TPSA) is 23.9 Å². The Labute approximate surface area is 207 Å². The van der Waals surface area contributed by atoms with Gasteiger partial charge < -0.3 is 0 Å². The summed E-state index contributed by atoms with van der Waals surface area (Å²) in [5.41, 5.74) is 5.25. The highest BCUT2D eigenvalue weighted by molar-refractivity contribution is 6.17. The van der Waals surface area contributed by atoms with Gasteiger partial charge in [0.15, 0.2) is 0 Å². The molecule has 1 aliphatic rings. The van der Waals surface area contributed by atoms with Crippen molar-refractivity contribution in [2.75, 3.05) is 0 Å². The summed E-state index contributed by atoms with van der Waals surface area (Å²) in [7, 11) is 0. The Morgan fingerprint density at radius 1 is 0.944 bits per heavy atom. The zero-order valence-electron chi connectivity index (χ0n) is 20.2. The van der Waals surface area contributed by atoms with Crippen molar-refractivity contribution in [3.63, 3.8) is 0 Å². The van der Waals surface area contributed by atoms with Crippen molar-refractivity contribution < 1.29 is 26.3 Å². The van der Waals surface area contributed by atoms with Crippen molar-refractivity contribution in [3.8, 4) is 23.5 Å². The number of halogens is 6. The fraction of sp³-hybridized carbons (Fsp3) is 0.241. The van der Waals surface area contributed by atoms with Crippen molar-refractivity contribution in [2.24, 2.45) is 0 Å². The molecule has 189 valence electrons. The van der Waals surface area contributed by atoms with Crippen molar-refractivity contribution in [2.45, 2.75) is 46.0 Å². The van der Waals surface area contributed by atoms with Gasteiger partial charge in [-0.2, -0.15) is 26.3 Å². The number of benzene rings is 2. The molecule has 1 radical (unpaired) electrons. The molecule has 1 nitrogen and oxygen atoms in total. The summed E-state index contributed by atoms with van der Waals surface area (Å²) >= 11 is 0. The van der Waals surface area contributed by atoms with Gasteiger partial charge in [-0.15, -0.1) is 6.42 Å². The quantitative estimate of drug-likeness (QED) is 0.245. The standard InChI is InChI=1S/C27H24F3N.C2H2F3/c1-5-20-10-6-7-11-23(20)26(31)19(4)18(3)21-14-15-22(17(2)16-21)24-12-8-9-13-25(24)27(28,29)30;1-2(3,4)5/h1,8-16,31H,6-7H2,2-4H3;1H2/b19-18+,31-26?;. The van der Waals surface area contributed by atoms with Crippen molar-refractivity contribution in [3.05, 3.63) is 95.0 Å². The average Bonchev–Trinajstić information content (AvgIpc) is 2.81. The van der Waals surface area contributed by atoms with Gasteiger partial charge in [-0.3, -0.25) is 5.41 Å². The zero-order valence-corrected chi connectivity index (χ0v) is 20.2. The van der Waals surface area contributed by atoms with Crippen LogP contribution in [-0.4, -0.2) is 11.9 Å². The van der Waals surface area contributed by atoms with Crippen LogP contribution in [0.15, 0.2) is 71.3 Å². The summed E-state index contributed by atoms with van der Waals surface area (Å²) in [6.45, 7) is 7.38. The van der Waals surface area contributed by atoms with E-state index in [1.807, 2.05) is 45.1 Å². The number of allylic oxidation sites excluding steroid dienone is 6. The fourth-order valence-corrected chi connectivity index (χ4v) is 3.82. The molecule has 7 heteroatoms. The van der Waals surface area contributed by atoms with Crippen LogP contribution in [0.1, 0.15) is 43.4 Å². The molecule has 1 aliphatic carbocycles. The van der Waals surface area contributed by atoms with E-state index in [0.29, 0.717) is 11.3 Å². The molecule has 3 rings (SSSR count). The van der Waals surface area contributed by atoms with Crippen LogP contribution in [0.3, 0.4) is 0 Å². The number of nitrogens with one attached hydrogen (secondary N) is 1. The average molecular weight is 503 g/mol. The minimum absolute atomic E-state index is 0.168. The summed E-state index contributed by atoms with van der Waals surface area (Å²) < 4.78 is 71.1. The molecule has 0 unspecified atom stereocenters. The molecule has 0 spiro atoms. The molecular formula is C29H26F6N. The molecule has 1 N–H and O–H groups in total. The Balaban J connectivity index is 0.000000830. The second-order valence-corrected chi connectivity index (χ2v) is 8.27. The van der Waals surface area contributed by atoms with E-state index in [0.717, 1.165) is 52.3 Å². The Morgan fingerprint density at radius 2 is 1.53 bits per heavy atom. The van der Waals surface area contributed by atoms with Crippen LogP contribution in [0, 0.1) is 31.6 Å². The van der Waals surface area contributed by atoms with E-state index in [2.05, 4.69) is 5.92 Å². The third-order valence-electron chi connectivity index (χ3n) is 5.70. The van der Waals surface area contributed by atoms with E-state index in [-0.39, 0.29) is 5.56 Å². The van der Waals surface area contributed by atoms with Gasteiger partial charge in [0.05, 0.1) is 18.2 Å². The second-order valence-electron chi connectivity index (χ2n) is 8.27. The Kier molecular flexibility index (Phi) is 9.15. The molecule has 0 saturated carbocycles. The van der Waals surface area contributed by atoms with Gasteiger partial charge in [-0.25, -0.2) is 0 Å². The van der Waals surface area contributed by atoms with E-state index >= 15 is 0 Å². The van der Waals surface area contributed by atoms with Gasteiger partial charge >= 0.3 is 12.4 Å². The number of aryl methyl sites for hydroxylation is 1. The first-order valence-electron chi connectivity index (χ1n) is 11.0. The van der Waals surface area contributed by atoms with Crippen LogP contribution in [-0.2, 0) is 6.18 Å². The highest BCUT2D eigenvalue weighted by atomic mass is 19.4. The van der Waals surface area contributed by atoms with Gasteiger partial charge in [-0.1, -0.05) is 54.5 Å². The molecule has 0 bridgehead atoms.